The Morgan fingerprint density at radius 2 is 1.03 bits per heavy atom. The first-order valence-electron chi connectivity index (χ1n) is 10.6. The quantitative estimate of drug-likeness (QED) is 0.330. The maximum absolute atomic E-state index is 16.6. The molecule has 1 heterocycles. The highest BCUT2D eigenvalue weighted by Gasteiger charge is 2.54. The van der Waals surface area contributed by atoms with Crippen molar-refractivity contribution < 1.29 is 13.1 Å². The number of halogens is 2. The van der Waals surface area contributed by atoms with E-state index in [4.69, 9.17) is 0 Å². The van der Waals surface area contributed by atoms with Crippen molar-refractivity contribution in [2.75, 3.05) is 4.81 Å². The molecule has 4 aromatic carbocycles. The van der Waals surface area contributed by atoms with E-state index < -0.39 is 6.97 Å². The third-order valence-electron chi connectivity index (χ3n) is 5.62. The first-order chi connectivity index (χ1) is 15.7. The van der Waals surface area contributed by atoms with Crippen LogP contribution in [-0.4, -0.2) is 17.2 Å². The van der Waals surface area contributed by atoms with Crippen LogP contribution in [0, 0.1) is 0 Å². The number of hydrogen-bond acceptors (Lipinski definition) is 1. The molecule has 5 heteroatoms. The van der Waals surface area contributed by atoms with Crippen molar-refractivity contribution in [1.82, 2.24) is 0 Å². The summed E-state index contributed by atoms with van der Waals surface area (Å²) >= 11 is 0. The first kappa shape index (κ1) is 19.9. The van der Waals surface area contributed by atoms with E-state index in [9.17, 15) is 0 Å². The van der Waals surface area contributed by atoms with Gasteiger partial charge in [-0.3, -0.25) is 0 Å². The average molecular weight is 422 g/mol. The molecule has 1 aliphatic rings. The Bertz CT molecular complexity index is 1270. The molecule has 0 saturated carbocycles. The normalized spacial score (nSPS) is 15.4. The predicted molar refractivity (Wildman–Crippen MR) is 128 cm³/mol. The van der Waals surface area contributed by atoms with Gasteiger partial charge in [0.2, 0.25) is 0 Å². The minimum atomic E-state index is -4.22. The first-order valence-corrected chi connectivity index (χ1v) is 10.6. The van der Waals surface area contributed by atoms with Crippen LogP contribution in [0.2, 0.25) is 0 Å². The fourth-order valence-electron chi connectivity index (χ4n) is 4.20. The van der Waals surface area contributed by atoms with Gasteiger partial charge in [-0.25, -0.2) is 0 Å². The summed E-state index contributed by atoms with van der Waals surface area (Å²) in [5.74, 6) is 0. The monoisotopic (exact) mass is 422 g/mol. The van der Waals surface area contributed by atoms with Crippen molar-refractivity contribution in [3.8, 4) is 0 Å². The molecule has 0 N–H and O–H groups in total. The molecule has 0 radical (unpaired) electrons. The van der Waals surface area contributed by atoms with Crippen molar-refractivity contribution in [3.05, 3.63) is 139 Å². The van der Waals surface area contributed by atoms with Crippen LogP contribution in [0.1, 0.15) is 11.1 Å². The molecule has 0 spiro atoms. The minimum Gasteiger partial charge on any atom is -0.390 e. The molecule has 5 rings (SSSR count). The fourth-order valence-corrected chi connectivity index (χ4v) is 4.20. The van der Waals surface area contributed by atoms with E-state index >= 15 is 8.63 Å². The van der Waals surface area contributed by atoms with Gasteiger partial charge >= 0.3 is 6.97 Å². The van der Waals surface area contributed by atoms with Crippen LogP contribution < -0.4 is 4.81 Å². The number of anilines is 1. The molecule has 0 saturated heterocycles. The van der Waals surface area contributed by atoms with Gasteiger partial charge in [0.05, 0.1) is 0 Å². The number of nitrogens with zero attached hydrogens (tertiary/aromatic N) is 2. The lowest BCUT2D eigenvalue weighted by Gasteiger charge is -2.41. The standard InChI is InChI=1S/C27H21BF2N2/c29-28(30)31(24-17-9-3-10-18-24)26(22-13-5-1-6-14-22)21-27(23-15-7-2-8-16-23)32(28)25-19-11-4-12-20-25/h1-21H. The second-order valence-corrected chi connectivity index (χ2v) is 7.65. The van der Waals surface area contributed by atoms with Crippen LogP contribution >= 0.6 is 0 Å². The van der Waals surface area contributed by atoms with E-state index in [2.05, 4.69) is 0 Å². The largest absolute Gasteiger partial charge is 0.737 e. The van der Waals surface area contributed by atoms with Crippen molar-refractivity contribution in [2.45, 2.75) is 0 Å². The van der Waals surface area contributed by atoms with Gasteiger partial charge < -0.3 is 17.9 Å². The minimum absolute atomic E-state index is 0.445. The van der Waals surface area contributed by atoms with E-state index in [0.717, 1.165) is 11.1 Å². The molecular weight excluding hydrogens is 401 g/mol. The lowest BCUT2D eigenvalue weighted by molar-refractivity contribution is -0.326. The Kier molecular flexibility index (Phi) is 5.16. The van der Waals surface area contributed by atoms with Gasteiger partial charge in [-0.2, -0.15) is 0 Å². The number of benzene rings is 4. The molecule has 0 amide bonds. The second-order valence-electron chi connectivity index (χ2n) is 7.65. The molecule has 32 heavy (non-hydrogen) atoms. The number of para-hydroxylation sites is 2. The topological polar surface area (TPSA) is 6.25 Å². The van der Waals surface area contributed by atoms with Gasteiger partial charge in [0.1, 0.15) is 0 Å². The summed E-state index contributed by atoms with van der Waals surface area (Å²) in [6, 6.07) is 36.5. The van der Waals surface area contributed by atoms with Crippen molar-refractivity contribution in [1.29, 1.82) is 0 Å². The fraction of sp³-hybridized carbons (Fsp3) is 0. The van der Waals surface area contributed by atoms with E-state index in [-0.39, 0.29) is 0 Å². The zero-order valence-corrected chi connectivity index (χ0v) is 17.4. The van der Waals surface area contributed by atoms with Crippen LogP contribution in [0.4, 0.5) is 20.0 Å². The molecule has 4 aromatic rings. The van der Waals surface area contributed by atoms with Gasteiger partial charge in [0, 0.05) is 35.2 Å². The summed E-state index contributed by atoms with van der Waals surface area (Å²) in [5.41, 5.74) is 3.29. The molecule has 0 unspecified atom stereocenters. The zero-order valence-electron chi connectivity index (χ0n) is 17.4. The number of hydrogen-bond donors (Lipinski definition) is 0. The van der Waals surface area contributed by atoms with Gasteiger partial charge in [-0.1, -0.05) is 84.9 Å². The summed E-state index contributed by atoms with van der Waals surface area (Å²) in [6.07, 6.45) is 1.86. The number of allylic oxidation sites excluding steroid dienone is 1. The lowest BCUT2D eigenvalue weighted by atomic mass is 9.82. The SMILES string of the molecule is F[B-]1(F)N(c2ccccc2)C(c2ccccc2)=CC(c2ccccc2)=[N+]1c1ccccc1. The van der Waals surface area contributed by atoms with E-state index in [1.807, 2.05) is 78.9 Å². The second kappa shape index (κ2) is 8.27. The Labute approximate surface area is 186 Å². The zero-order chi connectivity index (χ0) is 22.0. The van der Waals surface area contributed by atoms with Crippen molar-refractivity contribution in [2.24, 2.45) is 0 Å². The highest BCUT2D eigenvalue weighted by atomic mass is 19.2. The smallest absolute Gasteiger partial charge is 0.390 e. The highest BCUT2D eigenvalue weighted by Crippen LogP contribution is 2.39. The van der Waals surface area contributed by atoms with E-state index in [1.54, 1.807) is 48.5 Å². The molecular formula is C27H21BF2N2. The molecule has 0 fully saturated rings. The highest BCUT2D eigenvalue weighted by molar-refractivity contribution is 6.67. The van der Waals surface area contributed by atoms with Crippen LogP contribution in [0.15, 0.2) is 127 Å². The summed E-state index contributed by atoms with van der Waals surface area (Å²) in [7, 11) is 0. The van der Waals surface area contributed by atoms with Crippen LogP contribution in [-0.2, 0) is 0 Å². The lowest BCUT2D eigenvalue weighted by Crippen LogP contribution is -2.57. The Balaban J connectivity index is 1.85. The van der Waals surface area contributed by atoms with Gasteiger partial charge in [0.25, 0.3) is 0 Å². The van der Waals surface area contributed by atoms with Crippen LogP contribution in [0.5, 0.6) is 0 Å². The van der Waals surface area contributed by atoms with E-state index in [0.29, 0.717) is 22.8 Å². The Morgan fingerprint density at radius 1 is 0.562 bits per heavy atom. The molecule has 0 aliphatic carbocycles. The Hall–Kier alpha value is -3.99. The van der Waals surface area contributed by atoms with Gasteiger partial charge in [-0.05, 0) is 29.8 Å². The summed E-state index contributed by atoms with van der Waals surface area (Å²) < 4.78 is 34.4. The van der Waals surface area contributed by atoms with Crippen molar-refractivity contribution in [3.63, 3.8) is 0 Å². The summed E-state index contributed by atoms with van der Waals surface area (Å²) in [4.78, 5) is 1.18. The number of rotatable bonds is 4. The molecule has 0 bridgehead atoms. The predicted octanol–water partition coefficient (Wildman–Crippen LogP) is 6.76. The molecule has 156 valence electrons. The van der Waals surface area contributed by atoms with E-state index in [1.165, 1.54) is 9.30 Å². The van der Waals surface area contributed by atoms with Gasteiger partial charge in [0.15, 0.2) is 11.4 Å². The van der Waals surface area contributed by atoms with Crippen LogP contribution in [0.3, 0.4) is 0 Å². The van der Waals surface area contributed by atoms with Crippen molar-refractivity contribution >= 4 is 29.8 Å². The average Bonchev–Trinajstić information content (AvgIpc) is 2.85. The third-order valence-corrected chi connectivity index (χ3v) is 5.62. The van der Waals surface area contributed by atoms with Crippen LogP contribution in [0.25, 0.3) is 5.70 Å². The molecule has 1 aliphatic heterocycles. The maximum atomic E-state index is 16.6. The molecule has 0 atom stereocenters. The summed E-state index contributed by atoms with van der Waals surface area (Å²) in [6.45, 7) is -4.22. The summed E-state index contributed by atoms with van der Waals surface area (Å²) in [5, 5.41) is 0. The van der Waals surface area contributed by atoms with Gasteiger partial charge in [-0.15, -0.1) is 0 Å². The maximum Gasteiger partial charge on any atom is 0.737 e. The molecule has 2 nitrogen and oxygen atoms in total. The third kappa shape index (κ3) is 3.52. The Morgan fingerprint density at radius 3 is 1.59 bits per heavy atom. The molecule has 0 aromatic heterocycles.